The van der Waals surface area contributed by atoms with Gasteiger partial charge in [0.25, 0.3) is 0 Å². The van der Waals surface area contributed by atoms with E-state index in [4.69, 9.17) is 4.98 Å². The van der Waals surface area contributed by atoms with Gasteiger partial charge in [-0.05, 0) is 61.6 Å². The summed E-state index contributed by atoms with van der Waals surface area (Å²) in [5, 5.41) is 0. The van der Waals surface area contributed by atoms with Crippen molar-refractivity contribution in [3.05, 3.63) is 23.4 Å². The molecule has 2 atom stereocenters. The van der Waals surface area contributed by atoms with Crippen LogP contribution >= 0.6 is 0 Å². The minimum Gasteiger partial charge on any atom is -0.351 e. The molecule has 0 aromatic carbocycles. The fourth-order valence-electron chi connectivity index (χ4n) is 3.13. The minimum absolute atomic E-state index is 0.165. The number of aromatic nitrogens is 1. The van der Waals surface area contributed by atoms with E-state index < -0.39 is 0 Å². The molecule has 2 heteroatoms. The summed E-state index contributed by atoms with van der Waals surface area (Å²) in [7, 11) is 0. The summed E-state index contributed by atoms with van der Waals surface area (Å²) >= 11 is 0. The predicted octanol–water partition coefficient (Wildman–Crippen LogP) is 4.10. The molecule has 0 bridgehead atoms. The first-order valence-corrected chi connectivity index (χ1v) is 7.46. The molecule has 2 aliphatic rings. The maximum absolute atomic E-state index is 4.84. The van der Waals surface area contributed by atoms with E-state index in [9.17, 15) is 0 Å². The summed E-state index contributed by atoms with van der Waals surface area (Å²) < 4.78 is 0. The van der Waals surface area contributed by atoms with Gasteiger partial charge < -0.3 is 4.90 Å². The van der Waals surface area contributed by atoms with E-state index in [1.54, 1.807) is 0 Å². The van der Waals surface area contributed by atoms with Crippen molar-refractivity contribution in [1.29, 1.82) is 0 Å². The summed E-state index contributed by atoms with van der Waals surface area (Å²) in [5.41, 5.74) is 3.22. The van der Waals surface area contributed by atoms with Crippen LogP contribution in [0.15, 0.2) is 12.3 Å². The van der Waals surface area contributed by atoms with Gasteiger partial charge in [-0.3, -0.25) is 0 Å². The van der Waals surface area contributed by atoms with Crippen molar-refractivity contribution in [3.8, 4) is 0 Å². The van der Waals surface area contributed by atoms with Gasteiger partial charge in [-0.1, -0.05) is 20.8 Å². The molecule has 2 heterocycles. The van der Waals surface area contributed by atoms with Crippen LogP contribution in [0, 0.1) is 5.92 Å². The van der Waals surface area contributed by atoms with Crippen molar-refractivity contribution in [3.63, 3.8) is 0 Å². The molecular formula is C17H26N2. The molecule has 2 nitrogen and oxygen atoms in total. The molecule has 19 heavy (non-hydrogen) atoms. The van der Waals surface area contributed by atoms with Crippen molar-refractivity contribution in [2.45, 2.75) is 64.8 Å². The Morgan fingerprint density at radius 1 is 1.16 bits per heavy atom. The minimum atomic E-state index is 0.165. The van der Waals surface area contributed by atoms with E-state index >= 15 is 0 Å². The van der Waals surface area contributed by atoms with Crippen molar-refractivity contribution < 1.29 is 0 Å². The van der Waals surface area contributed by atoms with Crippen LogP contribution < -0.4 is 4.90 Å². The Hall–Kier alpha value is -1.05. The second-order valence-electron chi connectivity index (χ2n) is 8.27. The Labute approximate surface area is 117 Å². The van der Waals surface area contributed by atoms with Gasteiger partial charge in [0.1, 0.15) is 5.82 Å². The van der Waals surface area contributed by atoms with Crippen molar-refractivity contribution in [2.24, 2.45) is 5.92 Å². The van der Waals surface area contributed by atoms with Gasteiger partial charge in [0.2, 0.25) is 0 Å². The zero-order valence-corrected chi connectivity index (χ0v) is 13.1. The zero-order valence-electron chi connectivity index (χ0n) is 13.1. The fraction of sp³-hybridized carbons (Fsp3) is 0.706. The molecule has 104 valence electrons. The number of hydrogen-bond donors (Lipinski definition) is 0. The van der Waals surface area contributed by atoms with Crippen LogP contribution in [0.5, 0.6) is 0 Å². The number of hydrogen-bond acceptors (Lipinski definition) is 2. The fourth-order valence-corrected chi connectivity index (χ4v) is 3.13. The molecule has 3 rings (SSSR count). The topological polar surface area (TPSA) is 16.1 Å². The Bertz CT molecular complexity index is 505. The van der Waals surface area contributed by atoms with Crippen LogP contribution in [0.25, 0.3) is 0 Å². The molecular weight excluding hydrogens is 232 g/mol. The molecule has 1 aliphatic carbocycles. The van der Waals surface area contributed by atoms with E-state index in [1.807, 2.05) is 0 Å². The lowest BCUT2D eigenvalue weighted by molar-refractivity contribution is 0.471. The Morgan fingerprint density at radius 2 is 1.84 bits per heavy atom. The van der Waals surface area contributed by atoms with E-state index in [0.29, 0.717) is 0 Å². The number of pyridine rings is 1. The molecule has 1 saturated carbocycles. The number of fused-ring (bicyclic) bond motifs is 3. The highest BCUT2D eigenvalue weighted by atomic mass is 15.3. The maximum Gasteiger partial charge on any atom is 0.132 e. The average molecular weight is 258 g/mol. The van der Waals surface area contributed by atoms with Gasteiger partial charge in [0.15, 0.2) is 0 Å². The Balaban J connectivity index is 2.07. The molecule has 2 unspecified atom stereocenters. The van der Waals surface area contributed by atoms with Gasteiger partial charge >= 0.3 is 0 Å². The van der Waals surface area contributed by atoms with Crippen LogP contribution in [-0.4, -0.2) is 17.1 Å². The quantitative estimate of drug-likeness (QED) is 0.696. The molecule has 1 fully saturated rings. The largest absolute Gasteiger partial charge is 0.351 e. The lowest BCUT2D eigenvalue weighted by Gasteiger charge is -2.40. The lowest BCUT2D eigenvalue weighted by atomic mass is 9.86. The smallest absolute Gasteiger partial charge is 0.132 e. The summed E-state index contributed by atoms with van der Waals surface area (Å²) in [5.74, 6) is 2.88. The summed E-state index contributed by atoms with van der Waals surface area (Å²) in [6.45, 7) is 14.9. The number of rotatable bonds is 0. The second-order valence-corrected chi connectivity index (χ2v) is 8.27. The van der Waals surface area contributed by atoms with Crippen LogP contribution in [0.1, 0.15) is 65.0 Å². The van der Waals surface area contributed by atoms with Crippen molar-refractivity contribution in [2.75, 3.05) is 11.4 Å². The molecule has 0 N–H and O–H groups in total. The monoisotopic (exact) mass is 258 g/mol. The van der Waals surface area contributed by atoms with Gasteiger partial charge in [0, 0.05) is 18.3 Å². The van der Waals surface area contributed by atoms with Crippen molar-refractivity contribution >= 4 is 5.82 Å². The molecule has 0 spiro atoms. The summed E-state index contributed by atoms with van der Waals surface area (Å²) in [6, 6.07) is 2.42. The third-order valence-corrected chi connectivity index (χ3v) is 4.57. The molecule has 0 amide bonds. The molecule has 0 saturated heterocycles. The van der Waals surface area contributed by atoms with E-state index in [-0.39, 0.29) is 11.0 Å². The highest BCUT2D eigenvalue weighted by molar-refractivity contribution is 5.57. The van der Waals surface area contributed by atoms with Gasteiger partial charge in [-0.2, -0.15) is 0 Å². The molecule has 0 radical (unpaired) electrons. The van der Waals surface area contributed by atoms with E-state index in [1.165, 1.54) is 29.9 Å². The average Bonchev–Trinajstić information content (AvgIpc) is 3.03. The van der Waals surface area contributed by atoms with Crippen LogP contribution in [0.4, 0.5) is 5.82 Å². The molecule has 1 aliphatic heterocycles. The molecule has 1 aromatic heterocycles. The van der Waals surface area contributed by atoms with Gasteiger partial charge in [-0.25, -0.2) is 4.98 Å². The second kappa shape index (κ2) is 3.74. The van der Waals surface area contributed by atoms with E-state index in [0.717, 1.165) is 11.8 Å². The summed E-state index contributed by atoms with van der Waals surface area (Å²) in [6.07, 6.45) is 3.44. The first kappa shape index (κ1) is 13.0. The number of anilines is 1. The van der Waals surface area contributed by atoms with Crippen molar-refractivity contribution in [1.82, 2.24) is 4.98 Å². The van der Waals surface area contributed by atoms with Crippen LogP contribution in [-0.2, 0) is 5.41 Å². The van der Waals surface area contributed by atoms with Gasteiger partial charge in [0.05, 0.1) is 0 Å². The lowest BCUT2D eigenvalue weighted by Crippen LogP contribution is -2.45. The SMILES string of the molecule is CC(C)(C)c1cnc2c(c1)C1CC1CN2C(C)(C)C. The Morgan fingerprint density at radius 3 is 2.42 bits per heavy atom. The first-order chi connectivity index (χ1) is 8.68. The number of nitrogens with zero attached hydrogens (tertiary/aromatic N) is 2. The standard InChI is InChI=1S/C17H26N2/c1-16(2,3)12-8-14-13-7-11(13)10-19(17(4,5)6)15(14)18-9-12/h8-9,11,13H,7,10H2,1-6H3. The third kappa shape index (κ3) is 2.15. The zero-order chi connectivity index (χ0) is 14.0. The first-order valence-electron chi connectivity index (χ1n) is 7.46. The highest BCUT2D eigenvalue weighted by Gasteiger charge is 2.48. The Kier molecular flexibility index (Phi) is 2.55. The van der Waals surface area contributed by atoms with Gasteiger partial charge in [-0.15, -0.1) is 0 Å². The van der Waals surface area contributed by atoms with Crippen LogP contribution in [0.3, 0.4) is 0 Å². The molecule has 1 aromatic rings. The highest BCUT2D eigenvalue weighted by Crippen LogP contribution is 2.55. The third-order valence-electron chi connectivity index (χ3n) is 4.57. The summed E-state index contributed by atoms with van der Waals surface area (Å²) in [4.78, 5) is 7.34. The van der Waals surface area contributed by atoms with E-state index in [2.05, 4.69) is 58.7 Å². The maximum atomic E-state index is 4.84. The predicted molar refractivity (Wildman–Crippen MR) is 80.9 cm³/mol. The van der Waals surface area contributed by atoms with Crippen LogP contribution in [0.2, 0.25) is 0 Å². The normalized spacial score (nSPS) is 25.9.